The molecule has 0 N–H and O–H groups in total. The number of carbonyl (C=O) groups is 1. The number of hydrogen-bond donors (Lipinski definition) is 0. The summed E-state index contributed by atoms with van der Waals surface area (Å²) in [7, 11) is 0. The van der Waals surface area contributed by atoms with Crippen LogP contribution in [0.5, 0.6) is 0 Å². The van der Waals surface area contributed by atoms with E-state index in [9.17, 15) is 4.79 Å². The van der Waals surface area contributed by atoms with Crippen LogP contribution in [-0.2, 0) is 11.2 Å². The van der Waals surface area contributed by atoms with Crippen molar-refractivity contribution in [3.05, 3.63) is 35.6 Å². The summed E-state index contributed by atoms with van der Waals surface area (Å²) >= 11 is 3.36. The smallest absolute Gasteiger partial charge is 0.411 e. The van der Waals surface area contributed by atoms with E-state index in [-0.39, 0.29) is 5.76 Å². The predicted molar refractivity (Wildman–Crippen MR) is 89.4 cm³/mol. The fourth-order valence-electron chi connectivity index (χ4n) is 2.49. The fraction of sp³-hybridized carbons (Fsp3) is 0.471. The topological polar surface area (TPSA) is 42.7 Å². The van der Waals surface area contributed by atoms with Crippen molar-refractivity contribution in [2.24, 2.45) is 0 Å². The number of hydrogen-bond acceptors (Lipinski definition) is 3. The minimum absolute atomic E-state index is 0.170. The van der Waals surface area contributed by atoms with Crippen LogP contribution < -0.4 is 0 Å². The first-order chi connectivity index (χ1) is 14.1. The molecule has 1 aliphatic rings. The lowest BCUT2D eigenvalue weighted by molar-refractivity contribution is 0.114. The number of cyclic esters (lactones) is 1. The molecule has 2 aromatic rings. The molecule has 0 radical (unpaired) electrons. The Labute approximate surface area is 151 Å². The lowest BCUT2D eigenvalue weighted by atomic mass is 10.1. The van der Waals surface area contributed by atoms with E-state index in [2.05, 4.69) is 15.9 Å². The van der Waals surface area contributed by atoms with Crippen molar-refractivity contribution >= 4 is 33.0 Å². The second kappa shape index (κ2) is 5.61. The summed E-state index contributed by atoms with van der Waals surface area (Å²) < 4.78 is 81.0. The molecule has 0 bridgehead atoms. The quantitative estimate of drug-likeness (QED) is 0.733. The minimum atomic E-state index is -3.55. The molecule has 1 unspecified atom stereocenters. The van der Waals surface area contributed by atoms with Crippen molar-refractivity contribution in [1.82, 2.24) is 4.90 Å². The van der Waals surface area contributed by atoms with Gasteiger partial charge in [-0.25, -0.2) is 4.79 Å². The minimum Gasteiger partial charge on any atom is -0.457 e. The molecule has 4 nitrogen and oxygen atoms in total. The molecule has 2 heterocycles. The molecule has 1 aliphatic heterocycles. The van der Waals surface area contributed by atoms with Gasteiger partial charge >= 0.3 is 6.09 Å². The summed E-state index contributed by atoms with van der Waals surface area (Å²) in [5.74, 6) is 0.170. The Morgan fingerprint density at radius 2 is 2.27 bits per heavy atom. The number of ether oxygens (including phenoxy) is 1. The summed E-state index contributed by atoms with van der Waals surface area (Å²) in [5, 5.41) is 1.41. The monoisotopic (exact) mass is 374 g/mol. The molecule has 22 heavy (non-hydrogen) atoms. The van der Waals surface area contributed by atoms with Crippen molar-refractivity contribution in [1.29, 1.82) is 0 Å². The van der Waals surface area contributed by atoms with Gasteiger partial charge < -0.3 is 9.15 Å². The van der Waals surface area contributed by atoms with Crippen LogP contribution >= 0.6 is 15.9 Å². The molecular weight excluding hydrogens is 346 g/mol. The number of nitrogens with zero attached hydrogens (tertiary/aromatic N) is 1. The average Bonchev–Trinajstić information content (AvgIpc) is 3.16. The molecule has 1 amide bonds. The van der Waals surface area contributed by atoms with Gasteiger partial charge in [-0.2, -0.15) is 0 Å². The van der Waals surface area contributed by atoms with Gasteiger partial charge in [0.2, 0.25) is 0 Å². The first-order valence-corrected chi connectivity index (χ1v) is 7.83. The number of alkyl halides is 1. The number of carbonyl (C=O) groups excluding carboxylic acids is 1. The molecule has 0 aliphatic carbocycles. The molecule has 1 aromatic heterocycles. The standard InChI is InChI=1S/C17H20BrNO3/c1-17(2,3)19-10-14(22-16(19)20)13-9-12-6-4-5-11(7-8-18)15(12)21-13/h4-6,9,14H,7-8,10H2,1-3H3/i1D3,2D3,3D3. The number of benzene rings is 1. The van der Waals surface area contributed by atoms with Crippen LogP contribution in [0.3, 0.4) is 0 Å². The zero-order chi connectivity index (χ0) is 23.4. The van der Waals surface area contributed by atoms with Gasteiger partial charge in [-0.3, -0.25) is 4.90 Å². The molecule has 1 saturated heterocycles. The lowest BCUT2D eigenvalue weighted by Gasteiger charge is -2.28. The van der Waals surface area contributed by atoms with Gasteiger partial charge in [0.15, 0.2) is 6.10 Å². The molecule has 5 heteroatoms. The number of halogens is 1. The third-order valence-electron chi connectivity index (χ3n) is 3.54. The highest BCUT2D eigenvalue weighted by molar-refractivity contribution is 9.09. The number of furan rings is 1. The molecule has 0 saturated carbocycles. The van der Waals surface area contributed by atoms with Crippen LogP contribution in [0.15, 0.2) is 28.7 Å². The molecule has 3 rings (SSSR count). The number of aryl methyl sites for hydroxylation is 1. The second-order valence-electron chi connectivity index (χ2n) is 5.12. The zero-order valence-corrected chi connectivity index (χ0v) is 13.1. The summed E-state index contributed by atoms with van der Waals surface area (Å²) in [6.07, 6.45) is -1.83. The van der Waals surface area contributed by atoms with Gasteiger partial charge in [0, 0.05) is 28.6 Å². The summed E-state index contributed by atoms with van der Waals surface area (Å²) in [6, 6.07) is 7.09. The van der Waals surface area contributed by atoms with E-state index in [0.29, 0.717) is 22.2 Å². The molecular formula is C17H20BrNO3. The van der Waals surface area contributed by atoms with Gasteiger partial charge in [-0.1, -0.05) is 34.1 Å². The molecule has 1 atom stereocenters. The molecule has 1 aromatic carbocycles. The maximum Gasteiger partial charge on any atom is 0.411 e. The Morgan fingerprint density at radius 3 is 3.00 bits per heavy atom. The van der Waals surface area contributed by atoms with Gasteiger partial charge in [-0.05, 0) is 38.6 Å². The summed E-state index contributed by atoms with van der Waals surface area (Å²) in [5.41, 5.74) is -1.99. The zero-order valence-electron chi connectivity index (χ0n) is 20.6. The van der Waals surface area contributed by atoms with Gasteiger partial charge in [0.1, 0.15) is 11.3 Å². The predicted octanol–water partition coefficient (Wildman–Crippen LogP) is 4.66. The van der Waals surface area contributed by atoms with Gasteiger partial charge in [-0.15, -0.1) is 0 Å². The van der Waals surface area contributed by atoms with Crippen LogP contribution in [0.25, 0.3) is 11.0 Å². The summed E-state index contributed by atoms with van der Waals surface area (Å²) in [4.78, 5) is 12.9. The van der Waals surface area contributed by atoms with E-state index in [1.807, 2.05) is 12.1 Å². The van der Waals surface area contributed by atoms with Gasteiger partial charge in [0.25, 0.3) is 0 Å². The van der Waals surface area contributed by atoms with E-state index in [0.717, 1.165) is 10.9 Å². The molecule has 1 fully saturated rings. The van der Waals surface area contributed by atoms with Crippen LogP contribution in [0.4, 0.5) is 4.79 Å². The Hall–Kier alpha value is -1.49. The highest BCUT2D eigenvalue weighted by Crippen LogP contribution is 2.34. The van der Waals surface area contributed by atoms with Crippen LogP contribution in [0.2, 0.25) is 0 Å². The third-order valence-corrected chi connectivity index (χ3v) is 3.94. The largest absolute Gasteiger partial charge is 0.457 e. The first-order valence-electron chi connectivity index (χ1n) is 11.2. The van der Waals surface area contributed by atoms with E-state index in [4.69, 9.17) is 21.5 Å². The maximum absolute atomic E-state index is 12.6. The van der Waals surface area contributed by atoms with Crippen LogP contribution in [-0.4, -0.2) is 28.4 Å². The molecule has 0 spiro atoms. The van der Waals surface area contributed by atoms with Crippen molar-refractivity contribution < 1.29 is 26.3 Å². The van der Waals surface area contributed by atoms with Crippen LogP contribution in [0.1, 0.15) is 50.3 Å². The van der Waals surface area contributed by atoms with E-state index in [1.165, 1.54) is 0 Å². The van der Waals surface area contributed by atoms with E-state index >= 15 is 0 Å². The van der Waals surface area contributed by atoms with Crippen molar-refractivity contribution in [3.8, 4) is 0 Å². The molecule has 118 valence electrons. The van der Waals surface area contributed by atoms with Crippen molar-refractivity contribution in [3.63, 3.8) is 0 Å². The Morgan fingerprint density at radius 1 is 1.45 bits per heavy atom. The summed E-state index contributed by atoms with van der Waals surface area (Å²) in [6.45, 7) is -11.2. The Bertz CT molecular complexity index is 944. The van der Waals surface area contributed by atoms with Gasteiger partial charge in [0.05, 0.1) is 6.54 Å². The first kappa shape index (κ1) is 7.86. The number of rotatable bonds is 3. The Kier molecular flexibility index (Phi) is 2.01. The average molecular weight is 375 g/mol. The van der Waals surface area contributed by atoms with Crippen molar-refractivity contribution in [2.45, 2.75) is 38.6 Å². The number of fused-ring (bicyclic) bond motifs is 1. The lowest BCUT2D eigenvalue weighted by Crippen LogP contribution is -2.41. The van der Waals surface area contributed by atoms with Crippen molar-refractivity contribution in [2.75, 3.05) is 11.9 Å². The number of amides is 1. The highest BCUT2D eigenvalue weighted by atomic mass is 79.9. The van der Waals surface area contributed by atoms with Crippen LogP contribution in [0, 0.1) is 0 Å². The fourth-order valence-corrected chi connectivity index (χ4v) is 2.91. The van der Waals surface area contributed by atoms with E-state index in [1.54, 1.807) is 12.1 Å². The normalized spacial score (nSPS) is 26.8. The SMILES string of the molecule is [2H]C([2H])([2H])C(N1CC(c2cc3cccc(CCBr)c3o2)OC1=O)(C([2H])([2H])[2H])C([2H])([2H])[2H]. The van der Waals surface area contributed by atoms with E-state index < -0.39 is 44.8 Å². The highest BCUT2D eigenvalue weighted by Gasteiger charge is 2.40. The third kappa shape index (κ3) is 2.74. The second-order valence-corrected chi connectivity index (χ2v) is 5.91. The maximum atomic E-state index is 12.6. The Balaban J connectivity index is 2.07. The number of para-hydroxylation sites is 1.